The van der Waals surface area contributed by atoms with Gasteiger partial charge in [0.1, 0.15) is 5.82 Å². The molecule has 0 aliphatic carbocycles. The Labute approximate surface area is 102 Å². The molecule has 0 saturated heterocycles. The fraction of sp³-hybridized carbons (Fsp3) is 0.273. The van der Waals surface area contributed by atoms with Gasteiger partial charge < -0.3 is 10.3 Å². The van der Waals surface area contributed by atoms with Gasteiger partial charge in [-0.1, -0.05) is 24.4 Å². The third-order valence-corrected chi connectivity index (χ3v) is 2.53. The normalized spacial score (nSPS) is 11.2. The number of para-hydroxylation sites is 2. The predicted octanol–water partition coefficient (Wildman–Crippen LogP) is 2.13. The van der Waals surface area contributed by atoms with Crippen LogP contribution in [0.2, 0.25) is 0 Å². The number of nitrogens with zero attached hydrogens (tertiary/aromatic N) is 2. The number of halogens is 2. The summed E-state index contributed by atoms with van der Waals surface area (Å²) in [4.78, 5) is 4.51. The second kappa shape index (κ2) is 4.75. The number of thiocarbonyl (C=S) groups is 1. The lowest BCUT2D eigenvalue weighted by Crippen LogP contribution is -2.17. The first kappa shape index (κ1) is 11.9. The molecular weight excluding hydrogens is 244 g/mol. The van der Waals surface area contributed by atoms with Gasteiger partial charge in [-0.15, -0.1) is 0 Å². The number of benzene rings is 1. The van der Waals surface area contributed by atoms with Gasteiger partial charge in [-0.25, -0.2) is 13.8 Å². The van der Waals surface area contributed by atoms with E-state index in [0.717, 1.165) is 0 Å². The minimum atomic E-state index is -2.43. The van der Waals surface area contributed by atoms with Gasteiger partial charge in [0, 0.05) is 0 Å². The van der Waals surface area contributed by atoms with Crippen LogP contribution in [0.5, 0.6) is 0 Å². The zero-order valence-electron chi connectivity index (χ0n) is 8.94. The number of nitrogens with two attached hydrogens (primary N) is 1. The van der Waals surface area contributed by atoms with Gasteiger partial charge in [0.2, 0.25) is 0 Å². The Morgan fingerprint density at radius 2 is 2.12 bits per heavy atom. The molecule has 17 heavy (non-hydrogen) atoms. The van der Waals surface area contributed by atoms with E-state index >= 15 is 0 Å². The molecule has 0 spiro atoms. The van der Waals surface area contributed by atoms with Crippen LogP contribution in [-0.4, -0.2) is 21.0 Å². The molecule has 90 valence electrons. The highest BCUT2D eigenvalue weighted by Crippen LogP contribution is 2.17. The Morgan fingerprint density at radius 1 is 1.41 bits per heavy atom. The summed E-state index contributed by atoms with van der Waals surface area (Å²) in [7, 11) is 0. The van der Waals surface area contributed by atoms with Crippen molar-refractivity contribution >= 4 is 28.2 Å². The molecule has 1 heterocycles. The molecule has 0 amide bonds. The minimum absolute atomic E-state index is 0.233. The summed E-state index contributed by atoms with van der Waals surface area (Å²) in [6.45, 7) is -0.390. The van der Waals surface area contributed by atoms with Crippen LogP contribution in [0.4, 0.5) is 8.78 Å². The highest BCUT2D eigenvalue weighted by atomic mass is 32.1. The molecular formula is C11H11F2N3S. The minimum Gasteiger partial charge on any atom is -0.393 e. The molecule has 0 aliphatic heterocycles. The van der Waals surface area contributed by atoms with Crippen LogP contribution in [0.1, 0.15) is 5.82 Å². The fourth-order valence-corrected chi connectivity index (χ4v) is 1.89. The molecule has 0 radical (unpaired) electrons. The van der Waals surface area contributed by atoms with Gasteiger partial charge in [-0.3, -0.25) is 0 Å². The van der Waals surface area contributed by atoms with Crippen LogP contribution in [0.15, 0.2) is 24.3 Å². The Hall–Kier alpha value is -1.56. The monoisotopic (exact) mass is 255 g/mol. The van der Waals surface area contributed by atoms with Crippen molar-refractivity contribution in [2.45, 2.75) is 19.4 Å². The number of imidazole rings is 1. The molecule has 0 bridgehead atoms. The number of fused-ring (bicyclic) bond motifs is 1. The molecule has 0 fully saturated rings. The smallest absolute Gasteiger partial charge is 0.256 e. The van der Waals surface area contributed by atoms with Crippen molar-refractivity contribution in [3.8, 4) is 0 Å². The zero-order chi connectivity index (χ0) is 12.4. The first-order valence-corrected chi connectivity index (χ1v) is 5.49. The van der Waals surface area contributed by atoms with E-state index in [1.807, 2.05) is 6.07 Å². The maximum Gasteiger partial charge on any atom is 0.256 e. The second-order valence-corrected chi connectivity index (χ2v) is 4.19. The van der Waals surface area contributed by atoms with E-state index in [1.54, 1.807) is 18.2 Å². The molecule has 6 heteroatoms. The third kappa shape index (κ3) is 2.58. The van der Waals surface area contributed by atoms with Crippen LogP contribution in [0.25, 0.3) is 11.0 Å². The number of rotatable bonds is 4. The van der Waals surface area contributed by atoms with Crippen molar-refractivity contribution in [1.29, 1.82) is 0 Å². The van der Waals surface area contributed by atoms with E-state index < -0.39 is 13.0 Å². The van der Waals surface area contributed by atoms with Crippen LogP contribution in [-0.2, 0) is 13.0 Å². The Morgan fingerprint density at radius 3 is 2.76 bits per heavy atom. The number of aromatic nitrogens is 2. The average Bonchev–Trinajstić information content (AvgIpc) is 2.55. The maximum atomic E-state index is 12.5. The van der Waals surface area contributed by atoms with E-state index in [2.05, 4.69) is 4.98 Å². The van der Waals surface area contributed by atoms with Crippen LogP contribution < -0.4 is 5.73 Å². The maximum absolute atomic E-state index is 12.5. The van der Waals surface area contributed by atoms with Crippen molar-refractivity contribution in [2.24, 2.45) is 5.73 Å². The molecule has 1 aromatic carbocycles. The molecule has 0 aliphatic rings. The number of hydrogen-bond acceptors (Lipinski definition) is 2. The summed E-state index contributed by atoms with van der Waals surface area (Å²) >= 11 is 4.79. The Bertz CT molecular complexity index is 551. The van der Waals surface area contributed by atoms with E-state index in [1.165, 1.54) is 4.57 Å². The van der Waals surface area contributed by atoms with Crippen molar-refractivity contribution in [2.75, 3.05) is 0 Å². The molecule has 2 rings (SSSR count). The molecule has 0 saturated carbocycles. The quantitative estimate of drug-likeness (QED) is 0.851. The predicted molar refractivity (Wildman–Crippen MR) is 66.2 cm³/mol. The fourth-order valence-electron chi connectivity index (χ4n) is 1.76. The number of hydrogen-bond donors (Lipinski definition) is 1. The molecule has 3 nitrogen and oxygen atoms in total. The Balaban J connectivity index is 2.52. The summed E-state index contributed by atoms with van der Waals surface area (Å²) in [6.07, 6.45) is -2.20. The van der Waals surface area contributed by atoms with Crippen molar-refractivity contribution in [3.05, 3.63) is 30.1 Å². The van der Waals surface area contributed by atoms with Crippen molar-refractivity contribution in [3.63, 3.8) is 0 Å². The van der Waals surface area contributed by atoms with Crippen LogP contribution >= 0.6 is 12.2 Å². The van der Waals surface area contributed by atoms with E-state index in [9.17, 15) is 8.78 Å². The molecule has 0 unspecified atom stereocenters. The van der Waals surface area contributed by atoms with E-state index in [-0.39, 0.29) is 11.4 Å². The van der Waals surface area contributed by atoms with Crippen LogP contribution in [0.3, 0.4) is 0 Å². The van der Waals surface area contributed by atoms with Gasteiger partial charge >= 0.3 is 0 Å². The molecule has 0 atom stereocenters. The first-order chi connectivity index (χ1) is 8.08. The summed E-state index contributed by atoms with van der Waals surface area (Å²) < 4.78 is 26.5. The van der Waals surface area contributed by atoms with E-state index in [4.69, 9.17) is 18.0 Å². The van der Waals surface area contributed by atoms with Gasteiger partial charge in [-0.05, 0) is 12.1 Å². The number of alkyl halides is 2. The SMILES string of the molecule is NC(=S)Cc1nc2ccccc2n1CC(F)F. The Kier molecular flexibility index (Phi) is 3.33. The standard InChI is InChI=1S/C11H11F2N3S/c12-9(13)6-16-8-4-2-1-3-7(8)15-11(16)5-10(14)17/h1-4,9H,5-6H2,(H2,14,17). The third-order valence-electron chi connectivity index (χ3n) is 2.39. The molecule has 1 aromatic heterocycles. The summed E-state index contributed by atoms with van der Waals surface area (Å²) in [5, 5.41) is 0. The van der Waals surface area contributed by atoms with Crippen LogP contribution in [0, 0.1) is 0 Å². The van der Waals surface area contributed by atoms with Crippen molar-refractivity contribution in [1.82, 2.24) is 9.55 Å². The summed E-state index contributed by atoms with van der Waals surface area (Å²) in [6, 6.07) is 7.14. The second-order valence-electron chi connectivity index (χ2n) is 3.66. The highest BCUT2D eigenvalue weighted by molar-refractivity contribution is 7.80. The largest absolute Gasteiger partial charge is 0.393 e. The first-order valence-electron chi connectivity index (χ1n) is 5.08. The van der Waals surface area contributed by atoms with Crippen molar-refractivity contribution < 1.29 is 8.78 Å². The van der Waals surface area contributed by atoms with Gasteiger partial charge in [0.05, 0.1) is 29.0 Å². The highest BCUT2D eigenvalue weighted by Gasteiger charge is 2.14. The molecule has 2 aromatic rings. The summed E-state index contributed by atoms with van der Waals surface area (Å²) in [5.41, 5.74) is 6.80. The van der Waals surface area contributed by atoms with E-state index in [0.29, 0.717) is 16.9 Å². The van der Waals surface area contributed by atoms with Gasteiger partial charge in [0.15, 0.2) is 0 Å². The molecule has 2 N–H and O–H groups in total. The average molecular weight is 255 g/mol. The van der Waals surface area contributed by atoms with Gasteiger partial charge in [0.25, 0.3) is 6.43 Å². The summed E-state index contributed by atoms with van der Waals surface area (Å²) in [5.74, 6) is 0.485. The topological polar surface area (TPSA) is 43.8 Å². The lowest BCUT2D eigenvalue weighted by Gasteiger charge is -2.07. The van der Waals surface area contributed by atoms with Gasteiger partial charge in [-0.2, -0.15) is 0 Å². The zero-order valence-corrected chi connectivity index (χ0v) is 9.75. The lowest BCUT2D eigenvalue weighted by molar-refractivity contribution is 0.127. The lowest BCUT2D eigenvalue weighted by atomic mass is 10.3.